The Bertz CT molecular complexity index is 2150. The molecule has 2 heterocycles. The third-order valence-corrected chi connectivity index (χ3v) is 8.21. The smallest absolute Gasteiger partial charge is 0.336 e. The number of hydrogen-bond acceptors (Lipinski definition) is 7. The van der Waals surface area contributed by atoms with E-state index >= 15 is 0 Å². The van der Waals surface area contributed by atoms with Gasteiger partial charge in [-0.3, -0.25) is 0 Å². The summed E-state index contributed by atoms with van der Waals surface area (Å²) in [5.41, 5.74) is 9.46. The number of aryl methyl sites for hydroxylation is 3. The predicted octanol–water partition coefficient (Wildman–Crippen LogP) is 5.14. The fraction of sp³-hybridized carbons (Fsp3) is 0.216. The molecule has 12 heteroatoms. The molecule has 5 N–H and O–H groups in total. The van der Waals surface area contributed by atoms with Gasteiger partial charge in [0.2, 0.25) is 0 Å². The van der Waals surface area contributed by atoms with Crippen LogP contribution in [-0.4, -0.2) is 74.8 Å². The molecule has 2 atom stereocenters. The van der Waals surface area contributed by atoms with E-state index in [0.717, 1.165) is 74.4 Å². The van der Waals surface area contributed by atoms with Crippen molar-refractivity contribution in [1.82, 2.24) is 19.1 Å². The number of carboxylic acids is 3. The summed E-state index contributed by atoms with van der Waals surface area (Å²) in [4.78, 5) is 41.3. The summed E-state index contributed by atoms with van der Waals surface area (Å²) in [5, 5.41) is 42.1. The average Bonchev–Trinajstić information content (AvgIpc) is 3.61. The second kappa shape index (κ2) is 14.5. The summed E-state index contributed by atoms with van der Waals surface area (Å²) in [6.07, 6.45) is -2.64. The van der Waals surface area contributed by atoms with Gasteiger partial charge in [0.15, 0.2) is 12.2 Å². The van der Waals surface area contributed by atoms with Crippen LogP contribution >= 0.6 is 0 Å². The number of fused-ring (bicyclic) bond motifs is 2. The molecule has 12 nitrogen and oxygen atoms in total. The number of aromatic nitrogens is 4. The first-order chi connectivity index (χ1) is 23.4. The first-order valence-electron chi connectivity index (χ1n) is 15.6. The largest absolute Gasteiger partial charge is 0.479 e. The van der Waals surface area contributed by atoms with Crippen LogP contribution in [0.3, 0.4) is 0 Å². The Hall–Kier alpha value is -5.85. The summed E-state index contributed by atoms with van der Waals surface area (Å²) >= 11 is 0. The lowest BCUT2D eigenvalue weighted by molar-refractivity contribution is -0.165. The van der Waals surface area contributed by atoms with Crippen LogP contribution in [0.4, 0.5) is 0 Å². The fourth-order valence-corrected chi connectivity index (χ4v) is 5.73. The van der Waals surface area contributed by atoms with E-state index in [9.17, 15) is 19.5 Å². The number of aliphatic hydroxyl groups excluding tert-OH is 2. The van der Waals surface area contributed by atoms with Crippen LogP contribution in [0, 0.1) is 6.92 Å². The monoisotopic (exact) mass is 664 g/mol. The van der Waals surface area contributed by atoms with Gasteiger partial charge in [-0.2, -0.15) is 0 Å². The average molecular weight is 665 g/mol. The van der Waals surface area contributed by atoms with Gasteiger partial charge in [0.05, 0.1) is 27.6 Å². The van der Waals surface area contributed by atoms with Crippen molar-refractivity contribution >= 4 is 40.0 Å². The van der Waals surface area contributed by atoms with Crippen LogP contribution in [0.2, 0.25) is 0 Å². The highest BCUT2D eigenvalue weighted by molar-refractivity contribution is 5.96. The molecular weight excluding hydrogens is 628 g/mol. The first-order valence-corrected chi connectivity index (χ1v) is 15.6. The van der Waals surface area contributed by atoms with E-state index in [1.54, 1.807) is 12.1 Å². The van der Waals surface area contributed by atoms with Crippen LogP contribution in [0.15, 0.2) is 84.9 Å². The van der Waals surface area contributed by atoms with Crippen LogP contribution in [-0.2, 0) is 29.6 Å². The van der Waals surface area contributed by atoms with Crippen LogP contribution in [0.1, 0.15) is 40.7 Å². The van der Waals surface area contributed by atoms with Gasteiger partial charge in [-0.05, 0) is 65.9 Å². The predicted molar refractivity (Wildman–Crippen MR) is 183 cm³/mol. The Kier molecular flexibility index (Phi) is 10.2. The van der Waals surface area contributed by atoms with Crippen molar-refractivity contribution < 1.29 is 39.9 Å². The van der Waals surface area contributed by atoms with Crippen molar-refractivity contribution in [2.75, 3.05) is 0 Å². The number of rotatable bonds is 10. The molecule has 6 rings (SSSR count). The highest BCUT2D eigenvalue weighted by atomic mass is 16.4. The zero-order valence-electron chi connectivity index (χ0n) is 27.1. The number of benzene rings is 4. The second-order valence-corrected chi connectivity index (χ2v) is 11.6. The number of hydrogen-bond donors (Lipinski definition) is 5. The Morgan fingerprint density at radius 2 is 1.41 bits per heavy atom. The highest BCUT2D eigenvalue weighted by Crippen LogP contribution is 2.31. The topological polar surface area (TPSA) is 188 Å². The number of carboxylic acid groups (broad SMARTS) is 3. The lowest BCUT2D eigenvalue weighted by Gasteiger charge is -2.12. The number of nitrogens with zero attached hydrogens (tertiary/aromatic N) is 4. The molecule has 0 fully saturated rings. The van der Waals surface area contributed by atoms with Crippen molar-refractivity contribution in [2.24, 2.45) is 7.05 Å². The number of aromatic carboxylic acids is 1. The molecule has 0 aliphatic rings. The molecule has 0 amide bonds. The molecule has 0 saturated heterocycles. The van der Waals surface area contributed by atoms with E-state index in [0.29, 0.717) is 12.1 Å². The van der Waals surface area contributed by atoms with Gasteiger partial charge in [0.1, 0.15) is 11.6 Å². The molecule has 0 bridgehead atoms. The molecule has 49 heavy (non-hydrogen) atoms. The Morgan fingerprint density at radius 3 is 2.02 bits per heavy atom. The summed E-state index contributed by atoms with van der Waals surface area (Å²) in [6, 6.07) is 27.9. The number of carbonyl (C=O) groups is 3. The quantitative estimate of drug-likeness (QED) is 0.131. The maximum absolute atomic E-state index is 11.7. The lowest BCUT2D eigenvalue weighted by atomic mass is 9.98. The normalized spacial score (nSPS) is 12.3. The molecule has 0 aliphatic heterocycles. The van der Waals surface area contributed by atoms with Crippen LogP contribution in [0.5, 0.6) is 0 Å². The van der Waals surface area contributed by atoms with E-state index < -0.39 is 30.1 Å². The maximum atomic E-state index is 11.7. The number of para-hydroxylation sites is 2. The number of imidazole rings is 2. The number of aliphatic hydroxyl groups is 2. The van der Waals surface area contributed by atoms with Gasteiger partial charge in [-0.25, -0.2) is 24.4 Å². The maximum Gasteiger partial charge on any atom is 0.336 e. The molecule has 0 radical (unpaired) electrons. The SMILES string of the molecule is CCCc1nc2c(C)cc(-c3nc4ccccc4n3C)cc2n1Cc1ccc(-c2ccccc2C(=O)O)cc1.O=C(O)C(O)C(O)C(=O)O. The third kappa shape index (κ3) is 7.20. The van der Waals surface area contributed by atoms with Gasteiger partial charge in [-0.15, -0.1) is 0 Å². The summed E-state index contributed by atoms with van der Waals surface area (Å²) in [5.74, 6) is -2.45. The van der Waals surface area contributed by atoms with Gasteiger partial charge in [-0.1, -0.05) is 61.5 Å². The number of aliphatic carboxylic acids is 2. The summed E-state index contributed by atoms with van der Waals surface area (Å²) in [6.45, 7) is 4.98. The Morgan fingerprint density at radius 1 is 0.776 bits per heavy atom. The van der Waals surface area contributed by atoms with Crippen LogP contribution in [0.25, 0.3) is 44.6 Å². The molecule has 2 aromatic heterocycles. The molecule has 0 spiro atoms. The molecule has 252 valence electrons. The molecular formula is C37H36N4O8. The Labute approximate surface area is 281 Å². The van der Waals surface area contributed by atoms with E-state index in [-0.39, 0.29) is 0 Å². The molecule has 0 aliphatic carbocycles. The van der Waals surface area contributed by atoms with E-state index in [2.05, 4.69) is 60.4 Å². The van der Waals surface area contributed by atoms with Crippen molar-refractivity contribution in [3.8, 4) is 22.5 Å². The standard InChI is InChI=1S/C33H30N4O2.C4H6O6/c1-4-9-30-35-31-21(2)18-24(32-34-27-12-7-8-13-28(27)36(32)3)19-29(31)37(30)20-22-14-16-23(17-15-22)25-10-5-6-11-26(25)33(38)39;5-1(3(7)8)2(6)4(9)10/h5-8,10-19H,4,9,20H2,1-3H3,(H,38,39);1-2,5-6H,(H,7,8)(H,9,10). The minimum atomic E-state index is -2.27. The van der Waals surface area contributed by atoms with E-state index in [4.69, 9.17) is 30.4 Å². The first kappa shape index (κ1) is 34.5. The van der Waals surface area contributed by atoms with Gasteiger partial charge in [0, 0.05) is 25.6 Å². The van der Waals surface area contributed by atoms with Gasteiger partial charge in [0.25, 0.3) is 0 Å². The molecule has 4 aromatic carbocycles. The van der Waals surface area contributed by atoms with Crippen molar-refractivity contribution in [3.63, 3.8) is 0 Å². The van der Waals surface area contributed by atoms with Gasteiger partial charge < -0.3 is 34.7 Å². The zero-order valence-corrected chi connectivity index (χ0v) is 27.1. The zero-order chi connectivity index (χ0) is 35.4. The fourth-order valence-electron chi connectivity index (χ4n) is 5.73. The minimum Gasteiger partial charge on any atom is -0.479 e. The minimum absolute atomic E-state index is 0.307. The molecule has 6 aromatic rings. The molecule has 0 saturated carbocycles. The van der Waals surface area contributed by atoms with E-state index in [1.165, 1.54) is 0 Å². The lowest BCUT2D eigenvalue weighted by Crippen LogP contribution is -2.39. The Balaban J connectivity index is 0.000000409. The highest BCUT2D eigenvalue weighted by Gasteiger charge is 2.29. The van der Waals surface area contributed by atoms with Crippen molar-refractivity contribution in [2.45, 2.75) is 45.4 Å². The van der Waals surface area contributed by atoms with Gasteiger partial charge >= 0.3 is 17.9 Å². The summed E-state index contributed by atoms with van der Waals surface area (Å²) in [7, 11) is 2.06. The molecule has 2 unspecified atom stereocenters. The second-order valence-electron chi connectivity index (χ2n) is 11.6. The van der Waals surface area contributed by atoms with Crippen molar-refractivity contribution in [1.29, 1.82) is 0 Å². The third-order valence-electron chi connectivity index (χ3n) is 8.21. The van der Waals surface area contributed by atoms with Crippen LogP contribution < -0.4 is 0 Å². The van der Waals surface area contributed by atoms with E-state index in [1.807, 2.05) is 42.5 Å². The summed E-state index contributed by atoms with van der Waals surface area (Å²) < 4.78 is 4.47. The van der Waals surface area contributed by atoms with Crippen molar-refractivity contribution in [3.05, 3.63) is 107 Å².